The third kappa shape index (κ3) is 6.36. The van der Waals surface area contributed by atoms with E-state index in [1.165, 1.54) is 6.20 Å². The van der Waals surface area contributed by atoms with Crippen molar-refractivity contribution in [2.24, 2.45) is 7.05 Å². The molecule has 1 saturated heterocycles. The number of alkyl halides is 3. The molecule has 1 unspecified atom stereocenters. The molecule has 46 heavy (non-hydrogen) atoms. The van der Waals surface area contributed by atoms with Crippen molar-refractivity contribution in [3.63, 3.8) is 0 Å². The Balaban J connectivity index is 0.969. The second-order valence-electron chi connectivity index (χ2n) is 11.5. The lowest BCUT2D eigenvalue weighted by Gasteiger charge is -2.35. The predicted molar refractivity (Wildman–Crippen MR) is 165 cm³/mol. The van der Waals surface area contributed by atoms with Gasteiger partial charge >= 0.3 is 6.18 Å². The highest BCUT2D eigenvalue weighted by Gasteiger charge is 2.39. The van der Waals surface area contributed by atoms with Crippen LogP contribution in [0.5, 0.6) is 11.6 Å². The van der Waals surface area contributed by atoms with Crippen LogP contribution in [0, 0.1) is 11.8 Å². The summed E-state index contributed by atoms with van der Waals surface area (Å²) in [6.07, 6.45) is 4.92. The molecular formula is C35H31F3N4O4. The number of rotatable bonds is 7. The Hall–Kier alpha value is -4.66. The van der Waals surface area contributed by atoms with Crippen LogP contribution >= 0.6 is 0 Å². The maximum atomic E-state index is 14.2. The molecule has 1 aliphatic heterocycles. The van der Waals surface area contributed by atoms with Crippen molar-refractivity contribution in [3.05, 3.63) is 78.5 Å². The minimum absolute atomic E-state index is 0.188. The first-order valence-corrected chi connectivity index (χ1v) is 15.2. The molecule has 4 aromatic heterocycles. The molecule has 0 N–H and O–H groups in total. The molecule has 236 valence electrons. The number of nitrogens with zero attached hydrogens (tertiary/aromatic N) is 4. The molecular weight excluding hydrogens is 597 g/mol. The summed E-state index contributed by atoms with van der Waals surface area (Å²) in [5.74, 6) is 6.02. The standard InChI is InChI=1S/C35H31F3N4O4/c1-42-31-11-12-39-21-29(31)28-10-7-22(16-32(28)42)23-15-30(35(36,37)38)34(41-19-23)46-27-17-26(18-27)45-25-9-8-24(40-20-25)5-4-14-44-33-6-2-3-13-43-33/h7-12,15-16,19-21,26-27,33H,2-3,6,13-14,17-18H2,1H3. The van der Waals surface area contributed by atoms with E-state index < -0.39 is 23.7 Å². The summed E-state index contributed by atoms with van der Waals surface area (Å²) in [4.78, 5) is 12.6. The topological polar surface area (TPSA) is 80.5 Å². The zero-order chi connectivity index (χ0) is 31.7. The first-order valence-electron chi connectivity index (χ1n) is 15.2. The van der Waals surface area contributed by atoms with E-state index in [0.717, 1.165) is 53.7 Å². The van der Waals surface area contributed by atoms with Crippen molar-refractivity contribution in [2.45, 2.75) is 56.8 Å². The Labute approximate surface area is 263 Å². The predicted octanol–water partition coefficient (Wildman–Crippen LogP) is 7.09. The van der Waals surface area contributed by atoms with Crippen molar-refractivity contribution in [2.75, 3.05) is 13.2 Å². The third-order valence-electron chi connectivity index (χ3n) is 8.36. The van der Waals surface area contributed by atoms with Crippen LogP contribution in [0.4, 0.5) is 13.2 Å². The molecule has 0 spiro atoms. The molecule has 0 bridgehead atoms. The fourth-order valence-electron chi connectivity index (χ4n) is 5.83. The molecule has 11 heteroatoms. The molecule has 2 aliphatic rings. The second-order valence-corrected chi connectivity index (χ2v) is 11.5. The number of ether oxygens (including phenoxy) is 4. The van der Waals surface area contributed by atoms with Crippen LogP contribution in [0.25, 0.3) is 32.9 Å². The number of aryl methyl sites for hydroxylation is 1. The molecule has 1 atom stereocenters. The van der Waals surface area contributed by atoms with Crippen LogP contribution in [-0.4, -0.2) is 51.2 Å². The number of hydrogen-bond acceptors (Lipinski definition) is 7. The smallest absolute Gasteiger partial charge is 0.421 e. The van der Waals surface area contributed by atoms with Crippen molar-refractivity contribution in [1.29, 1.82) is 0 Å². The first kappa shape index (κ1) is 30.0. The summed E-state index contributed by atoms with van der Waals surface area (Å²) in [7, 11) is 1.92. The lowest BCUT2D eigenvalue weighted by Crippen LogP contribution is -2.41. The van der Waals surface area contributed by atoms with Gasteiger partial charge in [-0.15, -0.1) is 0 Å². The maximum absolute atomic E-state index is 14.2. The van der Waals surface area contributed by atoms with Crippen molar-refractivity contribution >= 4 is 21.8 Å². The van der Waals surface area contributed by atoms with Gasteiger partial charge in [0.2, 0.25) is 5.88 Å². The van der Waals surface area contributed by atoms with Gasteiger partial charge < -0.3 is 23.5 Å². The lowest BCUT2D eigenvalue weighted by molar-refractivity contribution is -0.154. The van der Waals surface area contributed by atoms with Gasteiger partial charge in [-0.25, -0.2) is 9.97 Å². The van der Waals surface area contributed by atoms with Gasteiger partial charge in [-0.3, -0.25) is 4.98 Å². The Morgan fingerprint density at radius 2 is 1.78 bits per heavy atom. The van der Waals surface area contributed by atoms with E-state index in [9.17, 15) is 13.2 Å². The number of hydrogen-bond donors (Lipinski definition) is 0. The number of halogens is 3. The molecule has 8 nitrogen and oxygen atoms in total. The highest BCUT2D eigenvalue weighted by Crippen LogP contribution is 2.40. The van der Waals surface area contributed by atoms with E-state index in [-0.39, 0.29) is 19.0 Å². The summed E-state index contributed by atoms with van der Waals surface area (Å²) < 4.78 is 67.3. The van der Waals surface area contributed by atoms with Crippen molar-refractivity contribution < 1.29 is 32.1 Å². The van der Waals surface area contributed by atoms with Gasteiger partial charge in [0.05, 0.1) is 11.7 Å². The highest BCUT2D eigenvalue weighted by atomic mass is 19.4. The van der Waals surface area contributed by atoms with E-state index in [2.05, 4.69) is 26.8 Å². The minimum Gasteiger partial charge on any atom is -0.489 e. The molecule has 1 saturated carbocycles. The van der Waals surface area contributed by atoms with Crippen LogP contribution < -0.4 is 9.47 Å². The number of benzene rings is 1. The van der Waals surface area contributed by atoms with Gasteiger partial charge in [0.25, 0.3) is 0 Å². The average molecular weight is 629 g/mol. The Bertz CT molecular complexity index is 1920. The fourth-order valence-corrected chi connectivity index (χ4v) is 5.83. The summed E-state index contributed by atoms with van der Waals surface area (Å²) in [6.45, 7) is 0.984. The minimum atomic E-state index is -4.64. The van der Waals surface area contributed by atoms with Crippen LogP contribution in [0.2, 0.25) is 0 Å². The molecule has 7 rings (SSSR count). The Morgan fingerprint density at radius 1 is 0.913 bits per heavy atom. The molecule has 0 radical (unpaired) electrons. The monoisotopic (exact) mass is 628 g/mol. The quantitative estimate of drug-likeness (QED) is 0.178. The third-order valence-corrected chi connectivity index (χ3v) is 8.36. The van der Waals surface area contributed by atoms with Crippen molar-refractivity contribution in [3.8, 4) is 34.6 Å². The Kier molecular flexibility index (Phi) is 8.23. The van der Waals surface area contributed by atoms with E-state index in [0.29, 0.717) is 35.4 Å². The Morgan fingerprint density at radius 3 is 2.57 bits per heavy atom. The van der Waals surface area contributed by atoms with E-state index >= 15 is 0 Å². The average Bonchev–Trinajstić information content (AvgIpc) is 3.34. The molecule has 1 aliphatic carbocycles. The normalized spacial score (nSPS) is 19.8. The number of pyridine rings is 3. The van der Waals surface area contributed by atoms with Gasteiger partial charge in [0.1, 0.15) is 35.8 Å². The molecule has 0 amide bonds. The van der Waals surface area contributed by atoms with Gasteiger partial charge in [-0.05, 0) is 61.1 Å². The van der Waals surface area contributed by atoms with E-state index in [1.54, 1.807) is 36.8 Å². The van der Waals surface area contributed by atoms with Crippen LogP contribution in [0.1, 0.15) is 43.4 Å². The van der Waals surface area contributed by atoms with Gasteiger partial charge in [0, 0.05) is 66.9 Å². The largest absolute Gasteiger partial charge is 0.489 e. The second kappa shape index (κ2) is 12.6. The van der Waals surface area contributed by atoms with Gasteiger partial charge in [-0.1, -0.05) is 18.1 Å². The lowest BCUT2D eigenvalue weighted by atomic mass is 9.92. The molecule has 2 fully saturated rings. The first-order chi connectivity index (χ1) is 22.3. The van der Waals surface area contributed by atoms with Crippen LogP contribution in [-0.2, 0) is 22.7 Å². The summed E-state index contributed by atoms with van der Waals surface area (Å²) >= 11 is 0. The molecule has 5 heterocycles. The van der Waals surface area contributed by atoms with Crippen molar-refractivity contribution in [1.82, 2.24) is 19.5 Å². The SMILES string of the molecule is Cn1c2ccncc2c2ccc(-c3cnc(OC4CC(Oc5ccc(C#CCOC6CCCCO6)nc5)C4)c(C(F)(F)F)c3)cc21. The maximum Gasteiger partial charge on any atom is 0.421 e. The number of aromatic nitrogens is 4. The summed E-state index contributed by atoms with van der Waals surface area (Å²) in [5, 5.41) is 1.96. The summed E-state index contributed by atoms with van der Waals surface area (Å²) in [6, 6.07) is 12.1. The molecule has 5 aromatic rings. The van der Waals surface area contributed by atoms with E-state index in [1.807, 2.05) is 29.8 Å². The zero-order valence-corrected chi connectivity index (χ0v) is 25.1. The fraction of sp³-hybridized carbons (Fsp3) is 0.343. The number of fused-ring (bicyclic) bond motifs is 3. The summed E-state index contributed by atoms with van der Waals surface area (Å²) in [5.41, 5.74) is 2.54. The molecule has 1 aromatic carbocycles. The van der Waals surface area contributed by atoms with Gasteiger partial charge in [0.15, 0.2) is 6.29 Å². The van der Waals surface area contributed by atoms with E-state index in [4.69, 9.17) is 18.9 Å². The van der Waals surface area contributed by atoms with Gasteiger partial charge in [-0.2, -0.15) is 13.2 Å². The van der Waals surface area contributed by atoms with Crippen LogP contribution in [0.15, 0.2) is 67.3 Å². The zero-order valence-electron chi connectivity index (χ0n) is 25.1. The van der Waals surface area contributed by atoms with Crippen LogP contribution in [0.3, 0.4) is 0 Å². The highest BCUT2D eigenvalue weighted by molar-refractivity contribution is 6.08.